The molecule has 0 atom stereocenters. The number of benzene rings is 2. The van der Waals surface area contributed by atoms with Crippen LogP contribution in [0, 0.1) is 6.92 Å². The molecule has 0 aliphatic carbocycles. The van der Waals surface area contributed by atoms with Gasteiger partial charge in [-0.05, 0) is 36.2 Å². The molecule has 126 valence electrons. The molecule has 24 heavy (non-hydrogen) atoms. The molecule has 0 radical (unpaired) electrons. The van der Waals surface area contributed by atoms with Crippen LogP contribution in [0.3, 0.4) is 0 Å². The van der Waals surface area contributed by atoms with Gasteiger partial charge in [0.05, 0.1) is 12.3 Å². The molecular formula is C18H19BrN2O2S. The third-order valence-electron chi connectivity index (χ3n) is 3.25. The minimum absolute atomic E-state index is 0.0275. The standard InChI is InChI=1S/C18H19BrN2O2S/c1-13-9-15(19)7-8-16(13)21-17(22)10-20-18(23)12-24-11-14-5-3-2-4-6-14/h2-9H,10-12H2,1H3,(H,20,23)(H,21,22). The van der Waals surface area contributed by atoms with Gasteiger partial charge in [0.1, 0.15) is 0 Å². The number of anilines is 1. The average Bonchev–Trinajstić information content (AvgIpc) is 2.56. The van der Waals surface area contributed by atoms with Gasteiger partial charge in [0.15, 0.2) is 0 Å². The summed E-state index contributed by atoms with van der Waals surface area (Å²) in [5.41, 5.74) is 2.89. The smallest absolute Gasteiger partial charge is 0.243 e. The molecule has 0 fully saturated rings. The molecule has 2 rings (SSSR count). The molecule has 6 heteroatoms. The first-order valence-corrected chi connectivity index (χ1v) is 9.44. The zero-order valence-corrected chi connectivity index (χ0v) is 15.7. The Hall–Kier alpha value is -1.79. The zero-order chi connectivity index (χ0) is 17.4. The van der Waals surface area contributed by atoms with E-state index >= 15 is 0 Å². The topological polar surface area (TPSA) is 58.2 Å². The van der Waals surface area contributed by atoms with Gasteiger partial charge >= 0.3 is 0 Å². The van der Waals surface area contributed by atoms with Crippen molar-refractivity contribution < 1.29 is 9.59 Å². The molecule has 2 amide bonds. The summed E-state index contributed by atoms with van der Waals surface area (Å²) in [5, 5.41) is 5.43. The molecule has 2 aromatic rings. The van der Waals surface area contributed by atoms with E-state index in [1.165, 1.54) is 17.3 Å². The number of hydrogen-bond donors (Lipinski definition) is 2. The minimum Gasteiger partial charge on any atom is -0.346 e. The highest BCUT2D eigenvalue weighted by Gasteiger charge is 2.08. The van der Waals surface area contributed by atoms with Gasteiger partial charge in [-0.3, -0.25) is 9.59 Å². The number of halogens is 1. The maximum atomic E-state index is 11.9. The predicted octanol–water partition coefficient (Wildman–Crippen LogP) is 3.75. The second-order valence-electron chi connectivity index (χ2n) is 5.26. The lowest BCUT2D eigenvalue weighted by Crippen LogP contribution is -2.34. The van der Waals surface area contributed by atoms with Gasteiger partial charge in [-0.15, -0.1) is 11.8 Å². The van der Waals surface area contributed by atoms with Crippen LogP contribution in [0.15, 0.2) is 53.0 Å². The SMILES string of the molecule is Cc1cc(Br)ccc1NC(=O)CNC(=O)CSCc1ccccc1. The Balaban J connectivity index is 1.68. The van der Waals surface area contributed by atoms with Crippen LogP contribution in [0.1, 0.15) is 11.1 Å². The summed E-state index contributed by atoms with van der Waals surface area (Å²) in [5.74, 6) is 0.735. The number of rotatable bonds is 7. The quantitative estimate of drug-likeness (QED) is 0.735. The van der Waals surface area contributed by atoms with Crippen LogP contribution in [-0.2, 0) is 15.3 Å². The van der Waals surface area contributed by atoms with E-state index in [0.29, 0.717) is 5.75 Å². The van der Waals surface area contributed by atoms with Crippen molar-refractivity contribution >= 4 is 45.2 Å². The summed E-state index contributed by atoms with van der Waals surface area (Å²) in [7, 11) is 0. The van der Waals surface area contributed by atoms with E-state index in [2.05, 4.69) is 26.6 Å². The monoisotopic (exact) mass is 406 g/mol. The Morgan fingerprint density at radius 3 is 2.54 bits per heavy atom. The Morgan fingerprint density at radius 2 is 1.83 bits per heavy atom. The lowest BCUT2D eigenvalue weighted by Gasteiger charge is -2.09. The second kappa shape index (κ2) is 9.49. The molecule has 0 heterocycles. The van der Waals surface area contributed by atoms with E-state index < -0.39 is 0 Å². The molecule has 0 unspecified atom stereocenters. The van der Waals surface area contributed by atoms with E-state index in [0.717, 1.165) is 21.5 Å². The molecular weight excluding hydrogens is 388 g/mol. The van der Waals surface area contributed by atoms with Crippen molar-refractivity contribution in [1.82, 2.24) is 5.32 Å². The molecule has 0 bridgehead atoms. The van der Waals surface area contributed by atoms with Crippen LogP contribution < -0.4 is 10.6 Å². The summed E-state index contributed by atoms with van der Waals surface area (Å²) < 4.78 is 0.960. The largest absolute Gasteiger partial charge is 0.346 e. The molecule has 4 nitrogen and oxygen atoms in total. The van der Waals surface area contributed by atoms with Crippen molar-refractivity contribution in [2.24, 2.45) is 0 Å². The first kappa shape index (κ1) is 18.5. The number of carbonyl (C=O) groups is 2. The van der Waals surface area contributed by atoms with Crippen LogP contribution in [0.5, 0.6) is 0 Å². The van der Waals surface area contributed by atoms with Gasteiger partial charge in [-0.25, -0.2) is 0 Å². The highest BCUT2D eigenvalue weighted by molar-refractivity contribution is 9.10. The zero-order valence-electron chi connectivity index (χ0n) is 13.3. The summed E-state index contributed by atoms with van der Waals surface area (Å²) in [6.45, 7) is 1.89. The molecule has 2 aromatic carbocycles. The lowest BCUT2D eigenvalue weighted by molar-refractivity contribution is -0.122. The van der Waals surface area contributed by atoms with Gasteiger partial charge in [-0.1, -0.05) is 46.3 Å². The van der Waals surface area contributed by atoms with Crippen molar-refractivity contribution in [2.45, 2.75) is 12.7 Å². The van der Waals surface area contributed by atoms with Crippen LogP contribution in [0.2, 0.25) is 0 Å². The van der Waals surface area contributed by atoms with Gasteiger partial charge in [0, 0.05) is 15.9 Å². The van der Waals surface area contributed by atoms with Gasteiger partial charge in [0.25, 0.3) is 0 Å². The fourth-order valence-electron chi connectivity index (χ4n) is 2.03. The molecule has 0 aromatic heterocycles. The molecule has 0 aliphatic heterocycles. The molecule has 2 N–H and O–H groups in total. The summed E-state index contributed by atoms with van der Waals surface area (Å²) in [6, 6.07) is 15.6. The third-order valence-corrected chi connectivity index (χ3v) is 4.75. The number of nitrogens with one attached hydrogen (secondary N) is 2. The Labute approximate surface area is 154 Å². The molecule has 0 aliphatic rings. The van der Waals surface area contributed by atoms with E-state index in [4.69, 9.17) is 0 Å². The Bertz CT molecular complexity index is 707. The van der Waals surface area contributed by atoms with Gasteiger partial charge in [0.2, 0.25) is 11.8 Å². The van der Waals surface area contributed by atoms with Crippen molar-refractivity contribution in [3.8, 4) is 0 Å². The fourth-order valence-corrected chi connectivity index (χ4v) is 3.32. The maximum absolute atomic E-state index is 11.9. The second-order valence-corrected chi connectivity index (χ2v) is 7.16. The highest BCUT2D eigenvalue weighted by Crippen LogP contribution is 2.19. The number of aryl methyl sites for hydroxylation is 1. The van der Waals surface area contributed by atoms with Crippen molar-refractivity contribution in [1.29, 1.82) is 0 Å². The number of thioether (sulfide) groups is 1. The van der Waals surface area contributed by atoms with E-state index in [-0.39, 0.29) is 18.4 Å². The number of amides is 2. The maximum Gasteiger partial charge on any atom is 0.243 e. The summed E-state index contributed by atoms with van der Waals surface area (Å²) in [4.78, 5) is 23.7. The van der Waals surface area contributed by atoms with Crippen LogP contribution in [-0.4, -0.2) is 24.1 Å². The summed E-state index contributed by atoms with van der Waals surface area (Å²) >= 11 is 4.91. The third kappa shape index (κ3) is 6.37. The van der Waals surface area contributed by atoms with Gasteiger partial charge < -0.3 is 10.6 Å². The van der Waals surface area contributed by atoms with Crippen LogP contribution in [0.4, 0.5) is 5.69 Å². The van der Waals surface area contributed by atoms with E-state index in [1.807, 2.05) is 55.5 Å². The van der Waals surface area contributed by atoms with Crippen LogP contribution in [0.25, 0.3) is 0 Å². The van der Waals surface area contributed by atoms with Crippen molar-refractivity contribution in [3.05, 3.63) is 64.1 Å². The normalized spacial score (nSPS) is 10.2. The van der Waals surface area contributed by atoms with E-state index in [1.54, 1.807) is 0 Å². The Morgan fingerprint density at radius 1 is 1.08 bits per heavy atom. The first-order chi connectivity index (χ1) is 11.5. The lowest BCUT2D eigenvalue weighted by atomic mass is 10.2. The molecule has 0 spiro atoms. The van der Waals surface area contributed by atoms with Crippen molar-refractivity contribution in [3.63, 3.8) is 0 Å². The van der Waals surface area contributed by atoms with Crippen molar-refractivity contribution in [2.75, 3.05) is 17.6 Å². The number of hydrogen-bond acceptors (Lipinski definition) is 3. The fraction of sp³-hybridized carbons (Fsp3) is 0.222. The first-order valence-electron chi connectivity index (χ1n) is 7.49. The Kier molecular flexibility index (Phi) is 7.34. The molecule has 0 saturated carbocycles. The minimum atomic E-state index is -0.234. The molecule has 0 saturated heterocycles. The summed E-state index contributed by atoms with van der Waals surface area (Å²) in [6.07, 6.45) is 0. The van der Waals surface area contributed by atoms with E-state index in [9.17, 15) is 9.59 Å². The predicted molar refractivity (Wildman–Crippen MR) is 103 cm³/mol. The van der Waals surface area contributed by atoms with Gasteiger partial charge in [-0.2, -0.15) is 0 Å². The highest BCUT2D eigenvalue weighted by atomic mass is 79.9. The average molecular weight is 407 g/mol. The van der Waals surface area contributed by atoms with Crippen LogP contribution >= 0.6 is 27.7 Å². The number of carbonyl (C=O) groups excluding carboxylic acids is 2.